The van der Waals surface area contributed by atoms with Gasteiger partial charge < -0.3 is 9.84 Å². The summed E-state index contributed by atoms with van der Waals surface area (Å²) in [5, 5.41) is 8.72. The predicted molar refractivity (Wildman–Crippen MR) is 48.7 cm³/mol. The van der Waals surface area contributed by atoms with Crippen LogP contribution in [0.4, 0.5) is 8.78 Å². The lowest BCUT2D eigenvalue weighted by atomic mass is 10.1. The summed E-state index contributed by atoms with van der Waals surface area (Å²) in [6.07, 6.45) is 0. The number of halogens is 2. The molecule has 0 amide bonds. The summed E-state index contributed by atoms with van der Waals surface area (Å²) in [6.45, 7) is 2.50. The van der Waals surface area contributed by atoms with Gasteiger partial charge in [-0.3, -0.25) is 0 Å². The van der Waals surface area contributed by atoms with Crippen molar-refractivity contribution in [1.29, 1.82) is 0 Å². The van der Waals surface area contributed by atoms with Crippen molar-refractivity contribution in [2.75, 3.05) is 0 Å². The van der Waals surface area contributed by atoms with E-state index in [9.17, 15) is 13.6 Å². The summed E-state index contributed by atoms with van der Waals surface area (Å²) < 4.78 is 30.7. The highest BCUT2D eigenvalue weighted by atomic mass is 19.2. The maximum Gasteiger partial charge on any atom is 0.347 e. The van der Waals surface area contributed by atoms with Gasteiger partial charge in [0.05, 0.1) is 0 Å². The zero-order valence-corrected chi connectivity index (χ0v) is 8.25. The number of aliphatic carboxylic acids is 1. The molecule has 1 N–H and O–H groups in total. The van der Waals surface area contributed by atoms with Crippen molar-refractivity contribution in [1.82, 2.24) is 0 Å². The lowest BCUT2D eigenvalue weighted by Crippen LogP contribution is -2.38. The molecule has 82 valence electrons. The van der Waals surface area contributed by atoms with Gasteiger partial charge in [-0.25, -0.2) is 9.18 Å². The highest BCUT2D eigenvalue weighted by Crippen LogP contribution is 2.23. The van der Waals surface area contributed by atoms with Gasteiger partial charge in [0.15, 0.2) is 17.2 Å². The first-order valence-electron chi connectivity index (χ1n) is 4.21. The molecule has 0 bridgehead atoms. The summed E-state index contributed by atoms with van der Waals surface area (Å²) in [6, 6.07) is 3.34. The third-order valence-corrected chi connectivity index (χ3v) is 1.80. The van der Waals surface area contributed by atoms with Gasteiger partial charge in [0.1, 0.15) is 0 Å². The molecule has 0 heterocycles. The standard InChI is InChI=1S/C10H10F2O3/c1-10(2,9(13)14)15-7-5-3-4-6(11)8(7)12/h3-5H,1-2H3,(H,13,14). The Morgan fingerprint density at radius 1 is 1.40 bits per heavy atom. The fraction of sp³-hybridized carbons (Fsp3) is 0.300. The van der Waals surface area contributed by atoms with E-state index in [4.69, 9.17) is 9.84 Å². The molecule has 0 radical (unpaired) electrons. The van der Waals surface area contributed by atoms with Crippen molar-refractivity contribution < 1.29 is 23.4 Å². The van der Waals surface area contributed by atoms with Crippen LogP contribution in [0.3, 0.4) is 0 Å². The Kier molecular flexibility index (Phi) is 2.93. The Morgan fingerprint density at radius 2 is 2.00 bits per heavy atom. The molecule has 0 aliphatic rings. The molecule has 0 unspecified atom stereocenters. The van der Waals surface area contributed by atoms with E-state index >= 15 is 0 Å². The second-order valence-corrected chi connectivity index (χ2v) is 3.47. The number of carbonyl (C=O) groups is 1. The highest BCUT2D eigenvalue weighted by molar-refractivity contribution is 5.76. The molecule has 0 atom stereocenters. The molecule has 0 saturated carbocycles. The van der Waals surface area contributed by atoms with E-state index < -0.39 is 29.0 Å². The van der Waals surface area contributed by atoms with Gasteiger partial charge in [0.25, 0.3) is 0 Å². The first-order chi connectivity index (χ1) is 6.84. The molecule has 1 aromatic rings. The molecule has 0 fully saturated rings. The van der Waals surface area contributed by atoms with Crippen LogP contribution in [0.5, 0.6) is 5.75 Å². The summed E-state index contributed by atoms with van der Waals surface area (Å²) in [5.74, 6) is -3.94. The van der Waals surface area contributed by atoms with Gasteiger partial charge in [-0.1, -0.05) is 6.07 Å². The van der Waals surface area contributed by atoms with Crippen molar-refractivity contribution in [3.8, 4) is 5.75 Å². The third kappa shape index (κ3) is 2.43. The summed E-state index contributed by atoms with van der Waals surface area (Å²) in [4.78, 5) is 10.7. The average molecular weight is 216 g/mol. The molecule has 0 saturated heterocycles. The lowest BCUT2D eigenvalue weighted by molar-refractivity contribution is -0.152. The topological polar surface area (TPSA) is 46.5 Å². The number of carboxylic acid groups (broad SMARTS) is 1. The predicted octanol–water partition coefficient (Wildman–Crippen LogP) is 2.21. The summed E-state index contributed by atoms with van der Waals surface area (Å²) in [5.41, 5.74) is -1.60. The molecule has 0 spiro atoms. The Labute approximate surface area is 85.3 Å². The van der Waals surface area contributed by atoms with E-state index in [1.807, 2.05) is 0 Å². The average Bonchev–Trinajstić information content (AvgIpc) is 2.12. The van der Waals surface area contributed by atoms with Crippen LogP contribution < -0.4 is 4.74 Å². The minimum absolute atomic E-state index is 0.414. The maximum atomic E-state index is 13.1. The fourth-order valence-electron chi connectivity index (χ4n) is 0.881. The maximum absolute atomic E-state index is 13.1. The summed E-state index contributed by atoms with van der Waals surface area (Å²) >= 11 is 0. The number of benzene rings is 1. The van der Waals surface area contributed by atoms with Crippen LogP contribution >= 0.6 is 0 Å². The Balaban J connectivity index is 3.00. The molecule has 0 aliphatic carbocycles. The van der Waals surface area contributed by atoms with Crippen LogP contribution in [-0.4, -0.2) is 16.7 Å². The van der Waals surface area contributed by atoms with Gasteiger partial charge in [-0.15, -0.1) is 0 Å². The van der Waals surface area contributed by atoms with Gasteiger partial charge in [0.2, 0.25) is 5.82 Å². The molecule has 0 aromatic heterocycles. The van der Waals surface area contributed by atoms with E-state index in [0.29, 0.717) is 0 Å². The van der Waals surface area contributed by atoms with Crippen LogP contribution in [0.1, 0.15) is 13.8 Å². The van der Waals surface area contributed by atoms with Crippen molar-refractivity contribution >= 4 is 5.97 Å². The van der Waals surface area contributed by atoms with Crippen LogP contribution in [0.25, 0.3) is 0 Å². The van der Waals surface area contributed by atoms with Crippen LogP contribution in [0.2, 0.25) is 0 Å². The van der Waals surface area contributed by atoms with Crippen molar-refractivity contribution in [2.45, 2.75) is 19.4 Å². The molecule has 0 aliphatic heterocycles. The van der Waals surface area contributed by atoms with E-state index in [1.54, 1.807) is 0 Å². The summed E-state index contributed by atoms with van der Waals surface area (Å²) in [7, 11) is 0. The Morgan fingerprint density at radius 3 is 2.53 bits per heavy atom. The number of hydrogen-bond acceptors (Lipinski definition) is 2. The number of carboxylic acids is 1. The SMILES string of the molecule is CC(C)(Oc1cccc(F)c1F)C(=O)O. The molecule has 15 heavy (non-hydrogen) atoms. The smallest absolute Gasteiger partial charge is 0.347 e. The molecule has 1 aromatic carbocycles. The van der Waals surface area contributed by atoms with Gasteiger partial charge in [-0.2, -0.15) is 4.39 Å². The Bertz CT molecular complexity index is 388. The molecule has 5 heteroatoms. The number of ether oxygens (including phenoxy) is 1. The van der Waals surface area contributed by atoms with Crippen LogP contribution in [-0.2, 0) is 4.79 Å². The third-order valence-electron chi connectivity index (χ3n) is 1.80. The van der Waals surface area contributed by atoms with E-state index in [-0.39, 0.29) is 0 Å². The first-order valence-corrected chi connectivity index (χ1v) is 4.21. The minimum atomic E-state index is -1.60. The second kappa shape index (κ2) is 3.84. The second-order valence-electron chi connectivity index (χ2n) is 3.47. The van der Waals surface area contributed by atoms with E-state index in [1.165, 1.54) is 26.0 Å². The normalized spacial score (nSPS) is 11.2. The molecule has 1 rings (SSSR count). The number of rotatable bonds is 3. The quantitative estimate of drug-likeness (QED) is 0.842. The van der Waals surface area contributed by atoms with Crippen LogP contribution in [0.15, 0.2) is 18.2 Å². The van der Waals surface area contributed by atoms with E-state index in [0.717, 1.165) is 6.07 Å². The largest absolute Gasteiger partial charge is 0.478 e. The highest BCUT2D eigenvalue weighted by Gasteiger charge is 2.30. The first kappa shape index (κ1) is 11.4. The van der Waals surface area contributed by atoms with Gasteiger partial charge in [0, 0.05) is 0 Å². The fourth-order valence-corrected chi connectivity index (χ4v) is 0.881. The lowest BCUT2D eigenvalue weighted by Gasteiger charge is -2.21. The number of hydrogen-bond donors (Lipinski definition) is 1. The van der Waals surface area contributed by atoms with Crippen LogP contribution in [0, 0.1) is 11.6 Å². The Hall–Kier alpha value is -1.65. The molecule has 3 nitrogen and oxygen atoms in total. The van der Waals surface area contributed by atoms with Crippen molar-refractivity contribution in [2.24, 2.45) is 0 Å². The zero-order valence-electron chi connectivity index (χ0n) is 8.25. The van der Waals surface area contributed by atoms with Gasteiger partial charge >= 0.3 is 5.97 Å². The monoisotopic (exact) mass is 216 g/mol. The molecular weight excluding hydrogens is 206 g/mol. The van der Waals surface area contributed by atoms with E-state index in [2.05, 4.69) is 0 Å². The van der Waals surface area contributed by atoms with Gasteiger partial charge in [-0.05, 0) is 26.0 Å². The van der Waals surface area contributed by atoms with Crippen molar-refractivity contribution in [3.05, 3.63) is 29.8 Å². The zero-order chi connectivity index (χ0) is 11.6. The molecular formula is C10H10F2O3. The van der Waals surface area contributed by atoms with Crippen molar-refractivity contribution in [3.63, 3.8) is 0 Å². The minimum Gasteiger partial charge on any atom is -0.478 e.